The highest BCUT2D eigenvalue weighted by atomic mass is 32.2. The molecule has 0 saturated heterocycles. The van der Waals surface area contributed by atoms with E-state index >= 15 is 0 Å². The van der Waals surface area contributed by atoms with Gasteiger partial charge in [0.1, 0.15) is 0 Å². The summed E-state index contributed by atoms with van der Waals surface area (Å²) in [7, 11) is 1.40. The molecular weight excluding hydrogens is 254 g/mol. The number of rotatable bonds is 9. The lowest BCUT2D eigenvalue weighted by Crippen LogP contribution is -2.20. The molecule has 8 heteroatoms. The van der Waals surface area contributed by atoms with Gasteiger partial charge in [0.05, 0.1) is 13.7 Å². The molecule has 0 unspecified atom stereocenters. The quantitative estimate of drug-likeness (QED) is 0.394. The van der Waals surface area contributed by atoms with E-state index in [2.05, 4.69) is 32.5 Å². The minimum Gasteiger partial charge on any atom is -0.469 e. The average molecular weight is 273 g/mol. The summed E-state index contributed by atoms with van der Waals surface area (Å²) in [6.45, 7) is 4.59. The number of esters is 1. The minimum atomic E-state index is -0.178. The van der Waals surface area contributed by atoms with Crippen LogP contribution in [0.2, 0.25) is 0 Å². The number of nitrogens with one attached hydrogen (secondary N) is 1. The SMILES string of the molecule is CCNCCn1nnnc1SCCCC(=O)OC. The Morgan fingerprint density at radius 3 is 3.11 bits per heavy atom. The molecule has 0 aliphatic rings. The molecule has 18 heavy (non-hydrogen) atoms. The molecule has 0 radical (unpaired) electrons. The van der Waals surface area contributed by atoms with Crippen LogP contribution in [0.1, 0.15) is 19.8 Å². The smallest absolute Gasteiger partial charge is 0.305 e. The van der Waals surface area contributed by atoms with Crippen molar-refractivity contribution in [2.45, 2.75) is 31.5 Å². The lowest BCUT2D eigenvalue weighted by Gasteiger charge is -2.04. The third kappa shape index (κ3) is 5.46. The Balaban J connectivity index is 2.25. The molecule has 1 rings (SSSR count). The van der Waals surface area contributed by atoms with Gasteiger partial charge in [-0.2, -0.15) is 0 Å². The highest BCUT2D eigenvalue weighted by Gasteiger charge is 2.07. The Bertz CT molecular complexity index is 358. The van der Waals surface area contributed by atoms with Crippen LogP contribution in [-0.2, 0) is 16.1 Å². The summed E-state index contributed by atoms with van der Waals surface area (Å²) in [6, 6.07) is 0. The van der Waals surface area contributed by atoms with Crippen molar-refractivity contribution < 1.29 is 9.53 Å². The molecule has 0 aromatic carbocycles. The van der Waals surface area contributed by atoms with Crippen LogP contribution in [0.3, 0.4) is 0 Å². The fourth-order valence-electron chi connectivity index (χ4n) is 1.28. The van der Waals surface area contributed by atoms with Gasteiger partial charge >= 0.3 is 5.97 Å². The molecule has 7 nitrogen and oxygen atoms in total. The number of carbonyl (C=O) groups is 1. The van der Waals surface area contributed by atoms with Crippen molar-refractivity contribution in [3.8, 4) is 0 Å². The highest BCUT2D eigenvalue weighted by molar-refractivity contribution is 7.99. The molecule has 1 heterocycles. The lowest BCUT2D eigenvalue weighted by atomic mass is 10.3. The van der Waals surface area contributed by atoms with E-state index in [4.69, 9.17) is 0 Å². The van der Waals surface area contributed by atoms with Gasteiger partial charge in [-0.15, -0.1) is 5.10 Å². The Morgan fingerprint density at radius 2 is 2.39 bits per heavy atom. The minimum absolute atomic E-state index is 0.178. The second kappa shape index (κ2) is 8.87. The topological polar surface area (TPSA) is 81.9 Å². The van der Waals surface area contributed by atoms with Crippen molar-refractivity contribution >= 4 is 17.7 Å². The number of tetrazole rings is 1. The van der Waals surface area contributed by atoms with E-state index in [0.717, 1.165) is 37.0 Å². The maximum atomic E-state index is 10.9. The number of likely N-dealkylation sites (N-methyl/N-ethyl adjacent to an activating group) is 1. The Hall–Kier alpha value is -1.15. The first kappa shape index (κ1) is 14.9. The van der Waals surface area contributed by atoms with E-state index in [0.29, 0.717) is 6.42 Å². The van der Waals surface area contributed by atoms with Crippen molar-refractivity contribution in [3.63, 3.8) is 0 Å². The fraction of sp³-hybridized carbons (Fsp3) is 0.800. The maximum absolute atomic E-state index is 10.9. The normalized spacial score (nSPS) is 10.6. The molecular formula is C10H19N5O2S. The monoisotopic (exact) mass is 273 g/mol. The molecule has 1 N–H and O–H groups in total. The number of carbonyl (C=O) groups excluding carboxylic acids is 1. The summed E-state index contributed by atoms with van der Waals surface area (Å²) < 4.78 is 6.34. The van der Waals surface area contributed by atoms with E-state index in [1.54, 1.807) is 16.4 Å². The van der Waals surface area contributed by atoms with Crippen LogP contribution in [-0.4, -0.2) is 52.1 Å². The zero-order valence-electron chi connectivity index (χ0n) is 10.8. The molecule has 0 amide bonds. The molecule has 1 aromatic heterocycles. The van der Waals surface area contributed by atoms with Crippen molar-refractivity contribution in [1.82, 2.24) is 25.5 Å². The van der Waals surface area contributed by atoms with Crippen molar-refractivity contribution in [1.29, 1.82) is 0 Å². The van der Waals surface area contributed by atoms with Crippen LogP contribution in [0.15, 0.2) is 5.16 Å². The van der Waals surface area contributed by atoms with Crippen LogP contribution in [0.4, 0.5) is 0 Å². The van der Waals surface area contributed by atoms with E-state index < -0.39 is 0 Å². The molecule has 102 valence electrons. The van der Waals surface area contributed by atoms with Gasteiger partial charge in [-0.3, -0.25) is 4.79 Å². The van der Waals surface area contributed by atoms with E-state index in [9.17, 15) is 4.79 Å². The summed E-state index contributed by atoms with van der Waals surface area (Å²) in [6.07, 6.45) is 1.19. The fourth-order valence-corrected chi connectivity index (χ4v) is 2.13. The van der Waals surface area contributed by atoms with Crippen LogP contribution < -0.4 is 5.32 Å². The Labute approximate surface area is 111 Å². The number of thioether (sulfide) groups is 1. The largest absolute Gasteiger partial charge is 0.469 e. The molecule has 0 aliphatic heterocycles. The molecule has 0 bridgehead atoms. The second-order valence-electron chi connectivity index (χ2n) is 3.57. The third-order valence-electron chi connectivity index (χ3n) is 2.23. The molecule has 0 spiro atoms. The number of ether oxygens (including phenoxy) is 1. The third-order valence-corrected chi connectivity index (χ3v) is 3.28. The maximum Gasteiger partial charge on any atom is 0.305 e. The molecule has 0 aliphatic carbocycles. The Kier molecular flexibility index (Phi) is 7.35. The Morgan fingerprint density at radius 1 is 1.56 bits per heavy atom. The molecule has 0 atom stereocenters. The summed E-state index contributed by atoms with van der Waals surface area (Å²) in [5.41, 5.74) is 0. The van der Waals surface area contributed by atoms with Gasteiger partial charge in [-0.05, 0) is 23.4 Å². The zero-order chi connectivity index (χ0) is 13.2. The summed E-state index contributed by atoms with van der Waals surface area (Å²) >= 11 is 1.56. The predicted molar refractivity (Wildman–Crippen MR) is 68.3 cm³/mol. The van der Waals surface area contributed by atoms with Crippen molar-refractivity contribution in [3.05, 3.63) is 0 Å². The summed E-state index contributed by atoms with van der Waals surface area (Å²) in [4.78, 5) is 10.9. The number of methoxy groups -OCH3 is 1. The molecule has 0 saturated carbocycles. The van der Waals surface area contributed by atoms with Crippen LogP contribution in [0.25, 0.3) is 0 Å². The highest BCUT2D eigenvalue weighted by Crippen LogP contribution is 2.15. The number of hydrogen-bond acceptors (Lipinski definition) is 7. The van der Waals surface area contributed by atoms with E-state index in [1.165, 1.54) is 7.11 Å². The van der Waals surface area contributed by atoms with Crippen LogP contribution >= 0.6 is 11.8 Å². The second-order valence-corrected chi connectivity index (χ2v) is 4.63. The predicted octanol–water partition coefficient (Wildman–Crippen LogP) is 0.328. The van der Waals surface area contributed by atoms with Crippen LogP contribution in [0, 0.1) is 0 Å². The van der Waals surface area contributed by atoms with Crippen molar-refractivity contribution in [2.75, 3.05) is 26.0 Å². The van der Waals surface area contributed by atoms with Gasteiger partial charge < -0.3 is 10.1 Å². The van der Waals surface area contributed by atoms with Gasteiger partial charge in [-0.1, -0.05) is 18.7 Å². The first-order valence-corrected chi connectivity index (χ1v) is 6.93. The number of aromatic nitrogens is 4. The lowest BCUT2D eigenvalue weighted by molar-refractivity contribution is -0.140. The van der Waals surface area contributed by atoms with E-state index in [-0.39, 0.29) is 5.97 Å². The van der Waals surface area contributed by atoms with Gasteiger partial charge in [0.2, 0.25) is 5.16 Å². The summed E-state index contributed by atoms with van der Waals surface area (Å²) in [5.74, 6) is 0.624. The average Bonchev–Trinajstić information content (AvgIpc) is 2.82. The first-order chi connectivity index (χ1) is 8.77. The van der Waals surface area contributed by atoms with Gasteiger partial charge in [0.15, 0.2) is 0 Å². The standard InChI is InChI=1S/C10H19N5O2S/c1-3-11-6-7-15-10(12-13-14-15)18-8-4-5-9(16)17-2/h11H,3-8H2,1-2H3. The molecule has 0 fully saturated rings. The number of hydrogen-bond donors (Lipinski definition) is 1. The number of nitrogens with zero attached hydrogens (tertiary/aromatic N) is 4. The van der Waals surface area contributed by atoms with Gasteiger partial charge in [0.25, 0.3) is 0 Å². The first-order valence-electron chi connectivity index (χ1n) is 5.94. The van der Waals surface area contributed by atoms with E-state index in [1.807, 2.05) is 0 Å². The molecule has 1 aromatic rings. The summed E-state index contributed by atoms with van der Waals surface area (Å²) in [5, 5.41) is 15.5. The van der Waals surface area contributed by atoms with Gasteiger partial charge in [-0.25, -0.2) is 4.68 Å². The zero-order valence-corrected chi connectivity index (χ0v) is 11.6. The van der Waals surface area contributed by atoms with Crippen molar-refractivity contribution in [2.24, 2.45) is 0 Å². The van der Waals surface area contributed by atoms with Crippen LogP contribution in [0.5, 0.6) is 0 Å². The van der Waals surface area contributed by atoms with Gasteiger partial charge in [0, 0.05) is 18.7 Å².